The van der Waals surface area contributed by atoms with Gasteiger partial charge in [-0.25, -0.2) is 0 Å². The number of aliphatic imine (C=N–C) groups is 2. The topological polar surface area (TPSA) is 112 Å². The van der Waals surface area contributed by atoms with E-state index in [0.29, 0.717) is 13.0 Å². The van der Waals surface area contributed by atoms with Crippen LogP contribution >= 0.6 is 28.3 Å². The lowest BCUT2D eigenvalue weighted by atomic mass is 10.1. The van der Waals surface area contributed by atoms with Crippen LogP contribution in [0.1, 0.15) is 5.56 Å². The van der Waals surface area contributed by atoms with Crippen LogP contribution in [0.5, 0.6) is 5.75 Å². The average Bonchev–Trinajstić information content (AvgIpc) is 2.30. The zero-order chi connectivity index (χ0) is 13.5. The highest BCUT2D eigenvalue weighted by Crippen LogP contribution is 2.23. The third-order valence-electron chi connectivity index (χ3n) is 2.15. The number of hydrogen-bond acceptors (Lipinski definition) is 2. The highest BCUT2D eigenvalue weighted by Gasteiger charge is 2.03. The molecular weight excluding hydrogens is 334 g/mol. The Bertz CT molecular complexity index is 474. The number of rotatable bonds is 4. The van der Waals surface area contributed by atoms with Gasteiger partial charge in [0.25, 0.3) is 0 Å². The first kappa shape index (κ1) is 17.5. The minimum Gasteiger partial charge on any atom is -0.496 e. The number of benzene rings is 1. The van der Waals surface area contributed by atoms with Gasteiger partial charge in [-0.2, -0.15) is 4.99 Å². The van der Waals surface area contributed by atoms with E-state index in [4.69, 9.17) is 21.9 Å². The maximum absolute atomic E-state index is 5.50. The van der Waals surface area contributed by atoms with Gasteiger partial charge in [0, 0.05) is 11.0 Å². The Balaban J connectivity index is 0.00000324. The van der Waals surface area contributed by atoms with Crippen molar-refractivity contribution < 1.29 is 4.74 Å². The molecule has 106 valence electrons. The standard InChI is InChI=1S/C11H16BrN5O.ClH/c1-18-9-6-8(12)3-2-7(9)4-5-16-11(15)17-10(13)14;/h2-3,6H,4-5H2,1H3,(H6,13,14,15,16,17);1H. The number of nitrogens with zero attached hydrogens (tertiary/aromatic N) is 2. The van der Waals surface area contributed by atoms with Crippen LogP contribution in [0.2, 0.25) is 0 Å². The van der Waals surface area contributed by atoms with Crippen molar-refractivity contribution in [3.8, 4) is 5.75 Å². The third-order valence-corrected chi connectivity index (χ3v) is 2.64. The SMILES string of the molecule is COc1cc(Br)ccc1CCN=C(N)N=C(N)N.Cl. The van der Waals surface area contributed by atoms with Gasteiger partial charge in [0.15, 0.2) is 5.96 Å². The Kier molecular flexibility index (Phi) is 7.94. The van der Waals surface area contributed by atoms with Gasteiger partial charge in [-0.1, -0.05) is 22.0 Å². The van der Waals surface area contributed by atoms with Crippen molar-refractivity contribution in [2.45, 2.75) is 6.42 Å². The summed E-state index contributed by atoms with van der Waals surface area (Å²) in [6.07, 6.45) is 0.692. The molecule has 0 bridgehead atoms. The van der Waals surface area contributed by atoms with Crippen molar-refractivity contribution in [1.82, 2.24) is 0 Å². The van der Waals surface area contributed by atoms with E-state index in [9.17, 15) is 0 Å². The molecule has 6 N–H and O–H groups in total. The molecule has 0 fully saturated rings. The summed E-state index contributed by atoms with van der Waals surface area (Å²) in [6.45, 7) is 0.487. The lowest BCUT2D eigenvalue weighted by Gasteiger charge is -2.07. The zero-order valence-corrected chi connectivity index (χ0v) is 12.9. The molecule has 0 atom stereocenters. The second kappa shape index (κ2) is 8.60. The predicted octanol–water partition coefficient (Wildman–Crippen LogP) is 1.01. The molecule has 0 aliphatic rings. The Morgan fingerprint density at radius 1 is 1.32 bits per heavy atom. The normalized spacial score (nSPS) is 10.5. The number of halogens is 2. The Morgan fingerprint density at radius 3 is 2.58 bits per heavy atom. The van der Waals surface area contributed by atoms with E-state index in [-0.39, 0.29) is 24.3 Å². The van der Waals surface area contributed by atoms with Gasteiger partial charge in [-0.15, -0.1) is 12.4 Å². The fourth-order valence-electron chi connectivity index (χ4n) is 1.38. The minimum atomic E-state index is -0.0996. The molecule has 0 radical (unpaired) electrons. The highest BCUT2D eigenvalue weighted by atomic mass is 79.9. The lowest BCUT2D eigenvalue weighted by molar-refractivity contribution is 0.409. The molecule has 0 saturated carbocycles. The van der Waals surface area contributed by atoms with E-state index in [1.54, 1.807) is 7.11 Å². The summed E-state index contributed by atoms with van der Waals surface area (Å²) in [5.74, 6) is 0.781. The fourth-order valence-corrected chi connectivity index (χ4v) is 1.72. The first-order valence-corrected chi connectivity index (χ1v) is 6.04. The van der Waals surface area contributed by atoms with E-state index in [2.05, 4.69) is 25.9 Å². The lowest BCUT2D eigenvalue weighted by Crippen LogP contribution is -2.26. The van der Waals surface area contributed by atoms with Gasteiger partial charge in [0.2, 0.25) is 5.96 Å². The monoisotopic (exact) mass is 349 g/mol. The molecule has 1 aromatic carbocycles. The van der Waals surface area contributed by atoms with E-state index in [1.807, 2.05) is 18.2 Å². The van der Waals surface area contributed by atoms with Crippen molar-refractivity contribution in [2.75, 3.05) is 13.7 Å². The van der Waals surface area contributed by atoms with E-state index < -0.39 is 0 Å². The Labute approximate surface area is 126 Å². The second-order valence-corrected chi connectivity index (χ2v) is 4.40. The van der Waals surface area contributed by atoms with Crippen molar-refractivity contribution in [3.63, 3.8) is 0 Å². The number of hydrogen-bond donors (Lipinski definition) is 3. The molecule has 0 aliphatic carbocycles. The summed E-state index contributed by atoms with van der Waals surface area (Å²) in [6, 6.07) is 5.81. The molecule has 0 spiro atoms. The fraction of sp³-hybridized carbons (Fsp3) is 0.273. The van der Waals surface area contributed by atoms with Crippen LogP contribution in [0.4, 0.5) is 0 Å². The van der Waals surface area contributed by atoms with Gasteiger partial charge in [-0.3, -0.25) is 4.99 Å². The quantitative estimate of drug-likeness (QED) is 0.555. The molecule has 0 unspecified atom stereocenters. The van der Waals surface area contributed by atoms with Crippen LogP contribution in [-0.2, 0) is 6.42 Å². The molecule has 0 aliphatic heterocycles. The first-order chi connectivity index (χ1) is 8.52. The first-order valence-electron chi connectivity index (χ1n) is 5.25. The smallest absolute Gasteiger partial charge is 0.218 e. The number of nitrogens with two attached hydrogens (primary N) is 3. The maximum Gasteiger partial charge on any atom is 0.218 e. The van der Waals surface area contributed by atoms with E-state index in [0.717, 1.165) is 15.8 Å². The molecular formula is C11H17BrClN5O. The highest BCUT2D eigenvalue weighted by molar-refractivity contribution is 9.10. The van der Waals surface area contributed by atoms with Crippen LogP contribution < -0.4 is 21.9 Å². The zero-order valence-electron chi connectivity index (χ0n) is 10.5. The molecule has 6 nitrogen and oxygen atoms in total. The third kappa shape index (κ3) is 6.30. The van der Waals surface area contributed by atoms with Crippen LogP contribution in [-0.4, -0.2) is 25.6 Å². The molecule has 0 heterocycles. The van der Waals surface area contributed by atoms with E-state index >= 15 is 0 Å². The van der Waals surface area contributed by atoms with Crippen LogP contribution in [0, 0.1) is 0 Å². The predicted molar refractivity (Wildman–Crippen MR) is 83.9 cm³/mol. The summed E-state index contributed by atoms with van der Waals surface area (Å²) in [7, 11) is 1.63. The van der Waals surface area contributed by atoms with Crippen LogP contribution in [0.15, 0.2) is 32.7 Å². The molecule has 0 amide bonds. The van der Waals surface area contributed by atoms with Gasteiger partial charge >= 0.3 is 0 Å². The number of methoxy groups -OCH3 is 1. The molecule has 1 aromatic rings. The van der Waals surface area contributed by atoms with Crippen molar-refractivity contribution in [3.05, 3.63) is 28.2 Å². The number of ether oxygens (including phenoxy) is 1. The Hall–Kier alpha value is -1.47. The summed E-state index contributed by atoms with van der Waals surface area (Å²) >= 11 is 3.38. The molecule has 8 heteroatoms. The summed E-state index contributed by atoms with van der Waals surface area (Å²) in [4.78, 5) is 7.66. The summed E-state index contributed by atoms with van der Waals surface area (Å²) in [5, 5.41) is 0. The van der Waals surface area contributed by atoms with Crippen LogP contribution in [0.3, 0.4) is 0 Å². The van der Waals surface area contributed by atoms with E-state index in [1.165, 1.54) is 0 Å². The van der Waals surface area contributed by atoms with Crippen molar-refractivity contribution >= 4 is 40.3 Å². The van der Waals surface area contributed by atoms with Crippen molar-refractivity contribution in [1.29, 1.82) is 0 Å². The van der Waals surface area contributed by atoms with Gasteiger partial charge in [0.1, 0.15) is 5.75 Å². The Morgan fingerprint density at radius 2 is 2.00 bits per heavy atom. The minimum absolute atomic E-state index is 0. The van der Waals surface area contributed by atoms with Gasteiger partial charge in [0.05, 0.1) is 7.11 Å². The second-order valence-electron chi connectivity index (χ2n) is 3.48. The van der Waals surface area contributed by atoms with Crippen LogP contribution in [0.25, 0.3) is 0 Å². The summed E-state index contributed by atoms with van der Waals surface area (Å²) < 4.78 is 6.24. The molecule has 19 heavy (non-hydrogen) atoms. The molecule has 0 aromatic heterocycles. The average molecular weight is 351 g/mol. The number of guanidine groups is 2. The largest absolute Gasteiger partial charge is 0.496 e. The molecule has 1 rings (SSSR count). The van der Waals surface area contributed by atoms with Gasteiger partial charge < -0.3 is 21.9 Å². The van der Waals surface area contributed by atoms with Crippen molar-refractivity contribution in [2.24, 2.45) is 27.2 Å². The molecule has 0 saturated heterocycles. The summed E-state index contributed by atoms with van der Waals surface area (Å²) in [5.41, 5.74) is 16.9. The van der Waals surface area contributed by atoms with Gasteiger partial charge in [-0.05, 0) is 24.1 Å². The maximum atomic E-state index is 5.50.